The highest BCUT2D eigenvalue weighted by atomic mass is 16.1. The van der Waals surface area contributed by atoms with Gasteiger partial charge in [0.25, 0.3) is 0 Å². The molecule has 0 atom stereocenters. The molecule has 0 saturated heterocycles. The molecule has 3 nitrogen and oxygen atoms in total. The van der Waals surface area contributed by atoms with Crippen LogP contribution in [0.1, 0.15) is 69.7 Å². The quantitative estimate of drug-likeness (QED) is 0.769. The molecule has 0 aromatic carbocycles. The van der Waals surface area contributed by atoms with Crippen molar-refractivity contribution in [2.75, 3.05) is 0 Å². The van der Waals surface area contributed by atoms with Gasteiger partial charge in [-0.15, -0.1) is 0 Å². The van der Waals surface area contributed by atoms with Gasteiger partial charge in [-0.25, -0.2) is 0 Å². The van der Waals surface area contributed by atoms with E-state index in [-0.39, 0.29) is 42.5 Å². The molecule has 3 heteroatoms. The van der Waals surface area contributed by atoms with Crippen molar-refractivity contribution in [3.63, 3.8) is 0 Å². The maximum absolute atomic E-state index is 10.1. The number of Topliss-reactive ketones (excluding diaryl/α,β-unsaturated/α-hetero) is 3. The highest BCUT2D eigenvalue weighted by Gasteiger charge is 1.96. The van der Waals surface area contributed by atoms with Crippen LogP contribution in [-0.4, -0.2) is 17.3 Å². The van der Waals surface area contributed by atoms with Gasteiger partial charge in [-0.3, -0.25) is 14.4 Å². The molecule has 0 saturated carbocycles. The molecular weight excluding hydrogens is 240 g/mol. The van der Waals surface area contributed by atoms with Crippen LogP contribution in [0, 0.1) is 17.8 Å². The van der Waals surface area contributed by atoms with Crippen molar-refractivity contribution in [3.8, 4) is 0 Å². The van der Waals surface area contributed by atoms with Crippen LogP contribution in [0.4, 0.5) is 0 Å². The van der Waals surface area contributed by atoms with E-state index in [1.165, 1.54) is 0 Å². The van der Waals surface area contributed by atoms with E-state index in [0.717, 1.165) is 0 Å². The molecule has 0 aliphatic carbocycles. The van der Waals surface area contributed by atoms with E-state index in [0.29, 0.717) is 0 Å². The zero-order chi connectivity index (χ0) is 15.5. The Hall–Kier alpha value is -0.990. The number of rotatable bonds is 3. The molecule has 0 bridgehead atoms. The van der Waals surface area contributed by atoms with E-state index in [1.807, 2.05) is 41.5 Å². The first kappa shape index (κ1) is 26.5. The molecule has 0 fully saturated rings. The Morgan fingerprint density at radius 2 is 0.579 bits per heavy atom. The monoisotopic (exact) mass is 274 g/mol. The standard InChI is InChI=1S/3C5H10O.CH4/c3*1-4(2)5(3)6;/h3*4H,1-3H3;1H4. The van der Waals surface area contributed by atoms with Crippen LogP contribution < -0.4 is 0 Å². The van der Waals surface area contributed by atoms with E-state index in [1.54, 1.807) is 20.8 Å². The molecule has 0 rings (SSSR count). The van der Waals surface area contributed by atoms with Gasteiger partial charge in [0.2, 0.25) is 0 Å². The molecule has 0 aliphatic heterocycles. The Bertz CT molecular complexity index is 208. The van der Waals surface area contributed by atoms with Crippen molar-refractivity contribution in [3.05, 3.63) is 0 Å². The van der Waals surface area contributed by atoms with Crippen LogP contribution in [0.5, 0.6) is 0 Å². The summed E-state index contributed by atoms with van der Waals surface area (Å²) >= 11 is 0. The highest BCUT2D eigenvalue weighted by molar-refractivity contribution is 5.77. The van der Waals surface area contributed by atoms with Gasteiger partial charge in [-0.05, 0) is 20.8 Å². The first-order valence-electron chi connectivity index (χ1n) is 6.44. The molecule has 19 heavy (non-hydrogen) atoms. The lowest BCUT2D eigenvalue weighted by atomic mass is 10.1. The first-order chi connectivity index (χ1) is 7.93. The Morgan fingerprint density at radius 1 is 0.526 bits per heavy atom. The van der Waals surface area contributed by atoms with Gasteiger partial charge in [0.15, 0.2) is 0 Å². The van der Waals surface area contributed by atoms with E-state index < -0.39 is 0 Å². The highest BCUT2D eigenvalue weighted by Crippen LogP contribution is 1.90. The van der Waals surface area contributed by atoms with Crippen molar-refractivity contribution in [2.24, 2.45) is 17.8 Å². The van der Waals surface area contributed by atoms with Crippen molar-refractivity contribution >= 4 is 17.3 Å². The summed E-state index contributed by atoms with van der Waals surface area (Å²) in [4.78, 5) is 30.4. The average Bonchev–Trinajstić information content (AvgIpc) is 2.18. The van der Waals surface area contributed by atoms with Crippen LogP contribution in [0.3, 0.4) is 0 Å². The molecule has 0 spiro atoms. The van der Waals surface area contributed by atoms with Crippen molar-refractivity contribution in [1.29, 1.82) is 0 Å². The summed E-state index contributed by atoms with van der Waals surface area (Å²) in [7, 11) is 0. The molecule has 0 N–H and O–H groups in total. The van der Waals surface area contributed by atoms with Gasteiger partial charge in [0.1, 0.15) is 17.3 Å². The van der Waals surface area contributed by atoms with E-state index in [9.17, 15) is 14.4 Å². The zero-order valence-electron chi connectivity index (χ0n) is 13.5. The number of carbonyl (C=O) groups is 3. The number of hydrogen-bond donors (Lipinski definition) is 0. The summed E-state index contributed by atoms with van der Waals surface area (Å²) in [5.41, 5.74) is 0. The summed E-state index contributed by atoms with van der Waals surface area (Å²) in [6, 6.07) is 0. The molecule has 0 aromatic heterocycles. The maximum Gasteiger partial charge on any atom is 0.132 e. The lowest BCUT2D eigenvalue weighted by Gasteiger charge is -1.90. The van der Waals surface area contributed by atoms with Gasteiger partial charge in [-0.1, -0.05) is 49.0 Å². The van der Waals surface area contributed by atoms with Crippen LogP contribution in [0.15, 0.2) is 0 Å². The zero-order valence-corrected chi connectivity index (χ0v) is 13.5. The van der Waals surface area contributed by atoms with Crippen LogP contribution >= 0.6 is 0 Å². The van der Waals surface area contributed by atoms with E-state index in [4.69, 9.17) is 0 Å². The van der Waals surface area contributed by atoms with Gasteiger partial charge in [0.05, 0.1) is 0 Å². The lowest BCUT2D eigenvalue weighted by molar-refractivity contribution is -0.120. The third-order valence-electron chi connectivity index (χ3n) is 2.44. The second-order valence-corrected chi connectivity index (χ2v) is 5.30. The van der Waals surface area contributed by atoms with Crippen molar-refractivity contribution in [1.82, 2.24) is 0 Å². The molecule has 0 unspecified atom stereocenters. The Balaban J connectivity index is -0.0000000865. The number of ketones is 3. The van der Waals surface area contributed by atoms with Gasteiger partial charge in [-0.2, -0.15) is 0 Å². The minimum atomic E-state index is 0. The molecule has 0 aliphatic rings. The van der Waals surface area contributed by atoms with Crippen LogP contribution in [-0.2, 0) is 14.4 Å². The first-order valence-corrected chi connectivity index (χ1v) is 6.44. The fraction of sp³-hybridized carbons (Fsp3) is 0.812. The predicted octanol–water partition coefficient (Wildman–Crippen LogP) is 4.33. The summed E-state index contributed by atoms with van der Waals surface area (Å²) in [6.45, 7) is 16.2. The molecule has 116 valence electrons. The van der Waals surface area contributed by atoms with E-state index in [2.05, 4.69) is 0 Å². The maximum atomic E-state index is 10.1. The smallest absolute Gasteiger partial charge is 0.132 e. The molecular formula is C16H34O3. The minimum absolute atomic E-state index is 0. The largest absolute Gasteiger partial charge is 0.300 e. The summed E-state index contributed by atoms with van der Waals surface area (Å²) < 4.78 is 0. The van der Waals surface area contributed by atoms with Crippen molar-refractivity contribution < 1.29 is 14.4 Å². The predicted molar refractivity (Wildman–Crippen MR) is 83.3 cm³/mol. The second-order valence-electron chi connectivity index (χ2n) is 5.30. The normalized spacial score (nSPS) is 8.84. The number of carbonyl (C=O) groups excluding carboxylic acids is 3. The minimum Gasteiger partial charge on any atom is -0.300 e. The fourth-order valence-electron chi connectivity index (χ4n) is 0. The molecule has 0 heterocycles. The SMILES string of the molecule is C.CC(=O)C(C)C.CC(=O)C(C)C.CC(=O)C(C)C. The molecule has 0 aromatic rings. The topological polar surface area (TPSA) is 51.2 Å². The van der Waals surface area contributed by atoms with Gasteiger partial charge in [0, 0.05) is 17.8 Å². The Labute approximate surface area is 120 Å². The third-order valence-corrected chi connectivity index (χ3v) is 2.44. The van der Waals surface area contributed by atoms with Crippen LogP contribution in [0.25, 0.3) is 0 Å². The third kappa shape index (κ3) is 31.6. The van der Waals surface area contributed by atoms with E-state index >= 15 is 0 Å². The summed E-state index contributed by atoms with van der Waals surface area (Å²) in [5, 5.41) is 0. The number of hydrogen-bond acceptors (Lipinski definition) is 3. The Kier molecular flexibility index (Phi) is 21.1. The molecule has 0 amide bonds. The fourth-order valence-corrected chi connectivity index (χ4v) is 0. The van der Waals surface area contributed by atoms with Gasteiger partial charge < -0.3 is 0 Å². The molecule has 0 radical (unpaired) electrons. The van der Waals surface area contributed by atoms with Gasteiger partial charge >= 0.3 is 0 Å². The summed E-state index contributed by atoms with van der Waals surface area (Å²) in [5.74, 6) is 1.42. The Morgan fingerprint density at radius 3 is 0.579 bits per heavy atom. The second kappa shape index (κ2) is 15.1. The van der Waals surface area contributed by atoms with Crippen LogP contribution in [0.2, 0.25) is 0 Å². The summed E-state index contributed by atoms with van der Waals surface area (Å²) in [6.07, 6.45) is 0. The lowest BCUT2D eigenvalue weighted by Crippen LogP contribution is -1.98. The van der Waals surface area contributed by atoms with Crippen molar-refractivity contribution in [2.45, 2.75) is 69.7 Å². The average molecular weight is 274 g/mol.